The molecule has 1 aromatic rings. The molecule has 0 spiro atoms. The molecule has 0 amide bonds. The minimum Gasteiger partial charge on any atom is -0.478 e. The van der Waals surface area contributed by atoms with Gasteiger partial charge in [-0.25, -0.2) is 4.98 Å². The van der Waals surface area contributed by atoms with E-state index in [-0.39, 0.29) is 6.61 Å². The number of pyridine rings is 1. The van der Waals surface area contributed by atoms with Crippen LogP contribution in [-0.2, 0) is 0 Å². The number of ether oxygens (including phenoxy) is 1. The minimum atomic E-state index is -0.753. The Morgan fingerprint density at radius 1 is 1.53 bits per heavy atom. The zero-order chi connectivity index (χ0) is 11.1. The molecule has 0 saturated carbocycles. The van der Waals surface area contributed by atoms with Crippen molar-refractivity contribution in [1.82, 2.24) is 4.98 Å². The third-order valence-corrected chi connectivity index (χ3v) is 1.78. The molecule has 0 bridgehead atoms. The molecule has 0 saturated heterocycles. The van der Waals surface area contributed by atoms with Gasteiger partial charge in [0.15, 0.2) is 0 Å². The summed E-state index contributed by atoms with van der Waals surface area (Å²) >= 11 is 0. The van der Waals surface area contributed by atoms with Crippen LogP contribution in [0.15, 0.2) is 18.3 Å². The predicted octanol–water partition coefficient (Wildman–Crippen LogP) is 0.245. The lowest BCUT2D eigenvalue weighted by atomic mass is 10.3. The Labute approximate surface area is 88.7 Å². The summed E-state index contributed by atoms with van der Waals surface area (Å²) in [6.45, 7) is 2.53. The summed E-state index contributed by atoms with van der Waals surface area (Å²) in [6, 6.07) is 3.55. The van der Waals surface area contributed by atoms with E-state index < -0.39 is 6.10 Å². The van der Waals surface area contributed by atoms with Crippen LogP contribution in [0, 0.1) is 0 Å². The Balaban J connectivity index is 2.42. The number of hydrogen-bond acceptors (Lipinski definition) is 5. The lowest BCUT2D eigenvalue weighted by molar-refractivity contribution is 0.105. The van der Waals surface area contributed by atoms with Crippen molar-refractivity contribution in [2.24, 2.45) is 0 Å². The maximum atomic E-state index is 9.10. The number of aliphatic hydroxyl groups is 2. The third-order valence-electron chi connectivity index (χ3n) is 1.78. The maximum Gasteiger partial charge on any atom is 0.213 e. The molecular weight excluding hydrogens is 196 g/mol. The van der Waals surface area contributed by atoms with Crippen molar-refractivity contribution in [2.45, 2.75) is 13.0 Å². The topological polar surface area (TPSA) is 74.6 Å². The van der Waals surface area contributed by atoms with Gasteiger partial charge in [0.25, 0.3) is 0 Å². The van der Waals surface area contributed by atoms with E-state index in [1.54, 1.807) is 12.3 Å². The highest BCUT2D eigenvalue weighted by molar-refractivity contribution is 5.42. The van der Waals surface area contributed by atoms with Gasteiger partial charge in [0.1, 0.15) is 0 Å². The van der Waals surface area contributed by atoms with Crippen molar-refractivity contribution < 1.29 is 14.9 Å². The second-order valence-corrected chi connectivity index (χ2v) is 3.04. The minimum absolute atomic E-state index is 0.253. The van der Waals surface area contributed by atoms with Crippen LogP contribution >= 0.6 is 0 Å². The fourth-order valence-corrected chi connectivity index (χ4v) is 1.02. The Bertz CT molecular complexity index is 277. The molecule has 3 N–H and O–H groups in total. The molecule has 5 heteroatoms. The van der Waals surface area contributed by atoms with E-state index in [4.69, 9.17) is 14.9 Å². The van der Waals surface area contributed by atoms with E-state index in [1.807, 2.05) is 13.0 Å². The first-order chi connectivity index (χ1) is 7.26. The summed E-state index contributed by atoms with van der Waals surface area (Å²) in [5, 5.41) is 20.6. The van der Waals surface area contributed by atoms with E-state index in [0.717, 1.165) is 5.69 Å². The van der Waals surface area contributed by atoms with Crippen LogP contribution in [0.25, 0.3) is 0 Å². The highest BCUT2D eigenvalue weighted by atomic mass is 16.5. The van der Waals surface area contributed by atoms with E-state index in [0.29, 0.717) is 19.0 Å². The average molecular weight is 212 g/mol. The van der Waals surface area contributed by atoms with Gasteiger partial charge in [-0.05, 0) is 13.0 Å². The molecule has 1 atom stereocenters. The lowest BCUT2D eigenvalue weighted by Gasteiger charge is -2.10. The largest absolute Gasteiger partial charge is 0.478 e. The summed E-state index contributed by atoms with van der Waals surface area (Å²) in [4.78, 5) is 4.04. The maximum absolute atomic E-state index is 9.10. The standard InChI is InChI=1S/C10H16N2O3/c1-2-15-10-4-3-8(5-12-10)11-6-9(14)7-13/h3-5,9,11,13-14H,2,6-7H2,1H3. The molecule has 0 radical (unpaired) electrons. The highest BCUT2D eigenvalue weighted by Crippen LogP contribution is 2.11. The Morgan fingerprint density at radius 3 is 2.87 bits per heavy atom. The molecule has 0 fully saturated rings. The fourth-order valence-electron chi connectivity index (χ4n) is 1.02. The molecule has 84 valence electrons. The van der Waals surface area contributed by atoms with Crippen LogP contribution in [0.5, 0.6) is 5.88 Å². The molecule has 1 unspecified atom stereocenters. The van der Waals surface area contributed by atoms with Gasteiger partial charge in [0.2, 0.25) is 5.88 Å². The monoisotopic (exact) mass is 212 g/mol. The van der Waals surface area contributed by atoms with E-state index in [2.05, 4.69) is 10.3 Å². The first-order valence-electron chi connectivity index (χ1n) is 4.88. The third kappa shape index (κ3) is 4.14. The SMILES string of the molecule is CCOc1ccc(NCC(O)CO)cn1. The molecule has 0 aliphatic carbocycles. The first kappa shape index (κ1) is 11.7. The lowest BCUT2D eigenvalue weighted by Crippen LogP contribution is -2.22. The summed E-state index contributed by atoms with van der Waals surface area (Å²) in [7, 11) is 0. The van der Waals surface area contributed by atoms with Crippen molar-refractivity contribution >= 4 is 5.69 Å². The number of hydrogen-bond donors (Lipinski definition) is 3. The number of rotatable bonds is 6. The van der Waals surface area contributed by atoms with Gasteiger partial charge in [-0.3, -0.25) is 0 Å². The van der Waals surface area contributed by atoms with E-state index in [9.17, 15) is 0 Å². The summed E-state index contributed by atoms with van der Waals surface area (Å²) < 4.78 is 5.18. The van der Waals surface area contributed by atoms with E-state index in [1.165, 1.54) is 0 Å². The summed E-state index contributed by atoms with van der Waals surface area (Å²) in [5.41, 5.74) is 0.783. The van der Waals surface area contributed by atoms with Gasteiger partial charge in [0, 0.05) is 12.6 Å². The number of nitrogens with one attached hydrogen (secondary N) is 1. The van der Waals surface area contributed by atoms with Crippen molar-refractivity contribution in [3.63, 3.8) is 0 Å². The highest BCUT2D eigenvalue weighted by Gasteiger charge is 2.01. The van der Waals surface area contributed by atoms with Gasteiger partial charge in [-0.2, -0.15) is 0 Å². The van der Waals surface area contributed by atoms with Crippen LogP contribution in [0.1, 0.15) is 6.92 Å². The smallest absolute Gasteiger partial charge is 0.213 e. The number of nitrogens with zero attached hydrogens (tertiary/aromatic N) is 1. The van der Waals surface area contributed by atoms with Crippen LogP contribution in [0.2, 0.25) is 0 Å². The normalized spacial score (nSPS) is 12.2. The molecule has 0 aliphatic rings. The van der Waals surface area contributed by atoms with Crippen molar-refractivity contribution in [3.8, 4) is 5.88 Å². The van der Waals surface area contributed by atoms with Crippen LogP contribution in [0.4, 0.5) is 5.69 Å². The zero-order valence-electron chi connectivity index (χ0n) is 8.68. The molecule has 1 rings (SSSR count). The molecule has 5 nitrogen and oxygen atoms in total. The van der Waals surface area contributed by atoms with Gasteiger partial charge < -0.3 is 20.3 Å². The molecular formula is C10H16N2O3. The quantitative estimate of drug-likeness (QED) is 0.630. The second-order valence-electron chi connectivity index (χ2n) is 3.04. The van der Waals surface area contributed by atoms with Crippen molar-refractivity contribution in [1.29, 1.82) is 0 Å². The Kier molecular flexibility index (Phi) is 4.86. The number of aromatic nitrogens is 1. The number of aliphatic hydroxyl groups excluding tert-OH is 2. The van der Waals surface area contributed by atoms with Crippen molar-refractivity contribution in [2.75, 3.05) is 25.1 Å². The van der Waals surface area contributed by atoms with Crippen LogP contribution < -0.4 is 10.1 Å². The van der Waals surface area contributed by atoms with Crippen LogP contribution in [-0.4, -0.2) is 41.1 Å². The molecule has 0 aliphatic heterocycles. The Morgan fingerprint density at radius 2 is 2.33 bits per heavy atom. The predicted molar refractivity (Wildman–Crippen MR) is 57.0 cm³/mol. The molecule has 0 aromatic carbocycles. The number of anilines is 1. The molecule has 1 heterocycles. The zero-order valence-corrected chi connectivity index (χ0v) is 8.68. The summed E-state index contributed by atoms with van der Waals surface area (Å²) in [5.74, 6) is 0.575. The summed E-state index contributed by atoms with van der Waals surface area (Å²) in [6.07, 6.45) is 0.867. The van der Waals surface area contributed by atoms with E-state index >= 15 is 0 Å². The van der Waals surface area contributed by atoms with Crippen LogP contribution in [0.3, 0.4) is 0 Å². The van der Waals surface area contributed by atoms with Gasteiger partial charge >= 0.3 is 0 Å². The van der Waals surface area contributed by atoms with Gasteiger partial charge in [0.05, 0.1) is 31.2 Å². The van der Waals surface area contributed by atoms with Gasteiger partial charge in [-0.1, -0.05) is 0 Å². The fraction of sp³-hybridized carbons (Fsp3) is 0.500. The van der Waals surface area contributed by atoms with Crippen molar-refractivity contribution in [3.05, 3.63) is 18.3 Å². The average Bonchev–Trinajstić information content (AvgIpc) is 2.28. The molecule has 15 heavy (non-hydrogen) atoms. The first-order valence-corrected chi connectivity index (χ1v) is 4.88. The van der Waals surface area contributed by atoms with Gasteiger partial charge in [-0.15, -0.1) is 0 Å². The molecule has 1 aromatic heterocycles. The second kappa shape index (κ2) is 6.21. The Hall–Kier alpha value is -1.33.